The highest BCUT2D eigenvalue weighted by Crippen LogP contribution is 2.32. The van der Waals surface area contributed by atoms with Crippen LogP contribution in [0.15, 0.2) is 36.5 Å². The van der Waals surface area contributed by atoms with Gasteiger partial charge < -0.3 is 9.84 Å². The van der Waals surface area contributed by atoms with Crippen LogP contribution in [0, 0.1) is 10.1 Å². The lowest BCUT2D eigenvalue weighted by molar-refractivity contribution is -0.384. The number of nitrogens with zero attached hydrogens (tertiary/aromatic N) is 2. The van der Waals surface area contributed by atoms with E-state index >= 15 is 0 Å². The number of aliphatic hydroxyl groups is 1. The van der Waals surface area contributed by atoms with E-state index in [1.807, 2.05) is 6.92 Å². The Hall–Kier alpha value is -2.18. The SMILES string of the molecule is CC[C@@H](O)c1ccc(Oc2ccc([N+](=O)[O-])cc2Cl)cn1. The Morgan fingerprint density at radius 1 is 1.43 bits per heavy atom. The summed E-state index contributed by atoms with van der Waals surface area (Å²) >= 11 is 5.94. The molecule has 0 aliphatic heterocycles. The van der Waals surface area contributed by atoms with Crippen molar-refractivity contribution in [1.82, 2.24) is 4.98 Å². The standard InChI is InChI=1S/C14H13ClN2O4/c1-2-13(18)12-5-4-10(8-16-12)21-14-6-3-9(17(19)20)7-11(14)15/h3-8,13,18H,2H2,1H3/t13-/m1/s1. The van der Waals surface area contributed by atoms with Crippen molar-refractivity contribution in [3.05, 3.63) is 57.4 Å². The van der Waals surface area contributed by atoms with Gasteiger partial charge in [-0.1, -0.05) is 18.5 Å². The second-order valence-electron chi connectivity index (χ2n) is 4.32. The number of nitro benzene ring substituents is 1. The van der Waals surface area contributed by atoms with Gasteiger partial charge in [0.2, 0.25) is 0 Å². The van der Waals surface area contributed by atoms with E-state index in [2.05, 4.69) is 4.98 Å². The lowest BCUT2D eigenvalue weighted by atomic mass is 10.2. The van der Waals surface area contributed by atoms with Crippen molar-refractivity contribution in [3.63, 3.8) is 0 Å². The van der Waals surface area contributed by atoms with Gasteiger partial charge >= 0.3 is 0 Å². The first kappa shape index (κ1) is 15.2. The molecule has 2 rings (SSSR count). The molecule has 21 heavy (non-hydrogen) atoms. The van der Waals surface area contributed by atoms with Crippen molar-refractivity contribution in [2.45, 2.75) is 19.4 Å². The van der Waals surface area contributed by atoms with Crippen molar-refractivity contribution < 1.29 is 14.8 Å². The Kier molecular flexibility index (Phi) is 4.72. The lowest BCUT2D eigenvalue weighted by Gasteiger charge is -2.09. The number of rotatable bonds is 5. The van der Waals surface area contributed by atoms with Crippen molar-refractivity contribution in [2.24, 2.45) is 0 Å². The van der Waals surface area contributed by atoms with E-state index in [9.17, 15) is 15.2 Å². The molecule has 0 unspecified atom stereocenters. The Morgan fingerprint density at radius 2 is 2.19 bits per heavy atom. The number of benzene rings is 1. The number of aromatic nitrogens is 1. The van der Waals surface area contributed by atoms with Gasteiger partial charge in [-0.3, -0.25) is 15.1 Å². The van der Waals surface area contributed by atoms with Crippen LogP contribution in [0.4, 0.5) is 5.69 Å². The summed E-state index contributed by atoms with van der Waals surface area (Å²) in [6.45, 7) is 1.85. The summed E-state index contributed by atoms with van der Waals surface area (Å²) in [6, 6.07) is 7.26. The smallest absolute Gasteiger partial charge is 0.271 e. The van der Waals surface area contributed by atoms with Gasteiger partial charge in [-0.2, -0.15) is 0 Å². The van der Waals surface area contributed by atoms with Crippen LogP contribution in [0.2, 0.25) is 5.02 Å². The zero-order chi connectivity index (χ0) is 15.4. The first-order valence-electron chi connectivity index (χ1n) is 6.27. The molecule has 0 spiro atoms. The number of nitro groups is 1. The number of halogens is 1. The number of aliphatic hydroxyl groups excluding tert-OH is 1. The Balaban J connectivity index is 2.16. The van der Waals surface area contributed by atoms with E-state index in [1.165, 1.54) is 24.4 Å². The fourth-order valence-corrected chi connectivity index (χ4v) is 1.88. The van der Waals surface area contributed by atoms with Crippen molar-refractivity contribution in [3.8, 4) is 11.5 Å². The van der Waals surface area contributed by atoms with Gasteiger partial charge in [-0.25, -0.2) is 0 Å². The van der Waals surface area contributed by atoms with Crippen LogP contribution in [0.25, 0.3) is 0 Å². The van der Waals surface area contributed by atoms with Crippen molar-refractivity contribution in [1.29, 1.82) is 0 Å². The normalized spacial score (nSPS) is 12.0. The molecule has 110 valence electrons. The third-order valence-corrected chi connectivity index (χ3v) is 3.14. The van der Waals surface area contributed by atoms with Gasteiger partial charge in [-0.05, 0) is 24.6 Å². The predicted molar refractivity (Wildman–Crippen MR) is 77.7 cm³/mol. The largest absolute Gasteiger partial charge is 0.454 e. The molecule has 1 aromatic heterocycles. The van der Waals surface area contributed by atoms with Crippen LogP contribution in [0.1, 0.15) is 25.1 Å². The van der Waals surface area contributed by atoms with Gasteiger partial charge in [0.25, 0.3) is 5.69 Å². The summed E-state index contributed by atoms with van der Waals surface area (Å²) in [4.78, 5) is 14.2. The first-order valence-corrected chi connectivity index (χ1v) is 6.65. The highest BCUT2D eigenvalue weighted by Gasteiger charge is 2.12. The average Bonchev–Trinajstić information content (AvgIpc) is 2.49. The summed E-state index contributed by atoms with van der Waals surface area (Å²) in [6.07, 6.45) is 1.43. The number of ether oxygens (including phenoxy) is 1. The maximum Gasteiger partial charge on any atom is 0.271 e. The molecule has 1 heterocycles. The molecule has 1 N–H and O–H groups in total. The molecule has 0 fully saturated rings. The Bertz CT molecular complexity index is 646. The van der Waals surface area contributed by atoms with Gasteiger partial charge in [-0.15, -0.1) is 0 Å². The minimum absolute atomic E-state index is 0.105. The molecule has 1 aromatic carbocycles. The van der Waals surface area contributed by atoms with Crippen molar-refractivity contribution >= 4 is 17.3 Å². The monoisotopic (exact) mass is 308 g/mol. The third-order valence-electron chi connectivity index (χ3n) is 2.84. The molecule has 0 radical (unpaired) electrons. The molecule has 0 bridgehead atoms. The molecule has 2 aromatic rings. The van der Waals surface area contributed by atoms with Gasteiger partial charge in [0.15, 0.2) is 0 Å². The third kappa shape index (κ3) is 3.68. The van der Waals surface area contributed by atoms with Crippen LogP contribution in [0.5, 0.6) is 11.5 Å². The number of hydrogen-bond acceptors (Lipinski definition) is 5. The van der Waals surface area contributed by atoms with Gasteiger partial charge in [0.05, 0.1) is 27.9 Å². The molecular formula is C14H13ClN2O4. The minimum Gasteiger partial charge on any atom is -0.454 e. The summed E-state index contributed by atoms with van der Waals surface area (Å²) in [5.74, 6) is 0.727. The van der Waals surface area contributed by atoms with E-state index < -0.39 is 11.0 Å². The lowest BCUT2D eigenvalue weighted by Crippen LogP contribution is -1.98. The van der Waals surface area contributed by atoms with Crippen LogP contribution < -0.4 is 4.74 Å². The quantitative estimate of drug-likeness (QED) is 0.669. The fraction of sp³-hybridized carbons (Fsp3) is 0.214. The predicted octanol–water partition coefficient (Wildman–Crippen LogP) is 3.88. The maximum absolute atomic E-state index is 10.6. The second-order valence-corrected chi connectivity index (χ2v) is 4.72. The summed E-state index contributed by atoms with van der Waals surface area (Å²) < 4.78 is 5.51. The van der Waals surface area contributed by atoms with Gasteiger partial charge in [0.1, 0.15) is 11.5 Å². The van der Waals surface area contributed by atoms with E-state index in [-0.39, 0.29) is 10.7 Å². The molecule has 0 aliphatic carbocycles. The molecule has 0 saturated carbocycles. The fourth-order valence-electron chi connectivity index (χ4n) is 1.67. The average molecular weight is 309 g/mol. The van der Waals surface area contributed by atoms with Crippen LogP contribution in [0.3, 0.4) is 0 Å². The van der Waals surface area contributed by atoms with Gasteiger partial charge in [0, 0.05) is 12.1 Å². The highest BCUT2D eigenvalue weighted by molar-refractivity contribution is 6.32. The molecule has 0 saturated heterocycles. The molecule has 6 nitrogen and oxygen atoms in total. The highest BCUT2D eigenvalue weighted by atomic mass is 35.5. The van der Waals surface area contributed by atoms with E-state index in [1.54, 1.807) is 12.1 Å². The minimum atomic E-state index is -0.609. The zero-order valence-corrected chi connectivity index (χ0v) is 11.9. The molecule has 7 heteroatoms. The second kappa shape index (κ2) is 6.51. The van der Waals surface area contributed by atoms with Crippen LogP contribution in [-0.2, 0) is 0 Å². The van der Waals surface area contributed by atoms with Crippen LogP contribution in [-0.4, -0.2) is 15.0 Å². The zero-order valence-electron chi connectivity index (χ0n) is 11.2. The molecular weight excluding hydrogens is 296 g/mol. The molecule has 0 amide bonds. The first-order chi connectivity index (χ1) is 10.0. The number of hydrogen-bond donors (Lipinski definition) is 1. The maximum atomic E-state index is 10.6. The molecule has 0 aliphatic rings. The summed E-state index contributed by atoms with van der Waals surface area (Å²) in [5, 5.41) is 20.4. The van der Waals surface area contributed by atoms with E-state index in [4.69, 9.17) is 16.3 Å². The number of non-ortho nitro benzene ring substituents is 1. The Labute approximate surface area is 126 Å². The number of pyridine rings is 1. The Morgan fingerprint density at radius 3 is 2.71 bits per heavy atom. The van der Waals surface area contributed by atoms with E-state index in [0.29, 0.717) is 23.6 Å². The van der Waals surface area contributed by atoms with Crippen LogP contribution >= 0.6 is 11.6 Å². The van der Waals surface area contributed by atoms with Crippen molar-refractivity contribution in [2.75, 3.05) is 0 Å². The van der Waals surface area contributed by atoms with E-state index in [0.717, 1.165) is 0 Å². The topological polar surface area (TPSA) is 85.5 Å². The summed E-state index contributed by atoms with van der Waals surface area (Å²) in [5.41, 5.74) is 0.450. The molecule has 1 atom stereocenters. The summed E-state index contributed by atoms with van der Waals surface area (Å²) in [7, 11) is 0.